The molecule has 4 heteroatoms. The molecule has 0 aliphatic heterocycles. The number of nitrogens with zero attached hydrogens (tertiary/aromatic N) is 3. The van der Waals surface area contributed by atoms with Crippen LogP contribution in [0.2, 0.25) is 0 Å². The number of hydrogen-bond acceptors (Lipinski definition) is 3. The first-order valence-electron chi connectivity index (χ1n) is 13.9. The zero-order chi connectivity index (χ0) is 27.8. The Bertz CT molecular complexity index is 1500. The topological polar surface area (TPSA) is 50.8 Å². The van der Waals surface area contributed by atoms with Crippen molar-refractivity contribution in [1.29, 1.82) is 5.26 Å². The van der Waals surface area contributed by atoms with Gasteiger partial charge in [0, 0.05) is 5.69 Å². The summed E-state index contributed by atoms with van der Waals surface area (Å²) < 4.78 is 8.52. The van der Waals surface area contributed by atoms with Crippen LogP contribution in [0.1, 0.15) is 47.0 Å². The van der Waals surface area contributed by atoms with Crippen molar-refractivity contribution in [2.75, 3.05) is 6.61 Å². The molecule has 1 heterocycles. The lowest BCUT2D eigenvalue weighted by molar-refractivity contribution is 0.0816. The summed E-state index contributed by atoms with van der Waals surface area (Å²) in [5.41, 5.74) is 7.20. The van der Waals surface area contributed by atoms with Crippen LogP contribution in [0.4, 0.5) is 0 Å². The Balaban J connectivity index is 1.48. The van der Waals surface area contributed by atoms with Gasteiger partial charge in [-0.15, -0.1) is 0 Å². The lowest BCUT2D eigenvalue weighted by Gasteiger charge is -2.40. The Kier molecular flexibility index (Phi) is 8.54. The van der Waals surface area contributed by atoms with Crippen LogP contribution in [0.25, 0.3) is 0 Å². The number of fused-ring (bicyclic) bond motifs is 1. The third kappa shape index (κ3) is 5.47. The molecule has 1 aliphatic carbocycles. The van der Waals surface area contributed by atoms with Crippen LogP contribution in [0, 0.1) is 17.2 Å². The Morgan fingerprint density at radius 3 is 2.45 bits per heavy atom. The maximum atomic E-state index is 9.17. The second-order valence-corrected chi connectivity index (χ2v) is 10.4. The summed E-state index contributed by atoms with van der Waals surface area (Å²) in [5, 5.41) is 9.17. The van der Waals surface area contributed by atoms with E-state index in [1.165, 1.54) is 22.4 Å². The van der Waals surface area contributed by atoms with E-state index in [1.54, 1.807) is 6.08 Å². The molecule has 1 unspecified atom stereocenters. The van der Waals surface area contributed by atoms with E-state index in [9.17, 15) is 0 Å². The fraction of sp³-hybridized carbons (Fsp3) is 0.222. The van der Waals surface area contributed by atoms with Crippen molar-refractivity contribution >= 4 is 0 Å². The predicted molar refractivity (Wildman–Crippen MR) is 161 cm³/mol. The van der Waals surface area contributed by atoms with E-state index in [4.69, 9.17) is 15.0 Å². The lowest BCUT2D eigenvalue weighted by Crippen LogP contribution is -2.39. The number of hydrogen-bond donors (Lipinski definition) is 0. The monoisotopic (exact) mass is 525 g/mol. The summed E-state index contributed by atoms with van der Waals surface area (Å²) in [7, 11) is 0. The molecule has 40 heavy (non-hydrogen) atoms. The number of imidazole rings is 1. The van der Waals surface area contributed by atoms with Crippen LogP contribution >= 0.6 is 0 Å². The van der Waals surface area contributed by atoms with Gasteiger partial charge in [0.1, 0.15) is 5.54 Å². The molecule has 1 aromatic heterocycles. The van der Waals surface area contributed by atoms with Crippen molar-refractivity contribution in [2.24, 2.45) is 5.92 Å². The number of nitriles is 1. The van der Waals surface area contributed by atoms with Crippen LogP contribution in [-0.2, 0) is 29.7 Å². The van der Waals surface area contributed by atoms with Crippen molar-refractivity contribution in [3.05, 3.63) is 161 Å². The minimum Gasteiger partial charge on any atom is -0.376 e. The molecule has 1 aliphatic rings. The van der Waals surface area contributed by atoms with Gasteiger partial charge in [0.05, 0.1) is 36.9 Å². The van der Waals surface area contributed by atoms with Crippen molar-refractivity contribution in [3.63, 3.8) is 0 Å². The Morgan fingerprint density at radius 2 is 1.77 bits per heavy atom. The minimum atomic E-state index is -0.538. The summed E-state index contributed by atoms with van der Waals surface area (Å²) in [4.78, 5) is 5.00. The molecule has 0 N–H and O–H groups in total. The largest absolute Gasteiger partial charge is 0.376 e. The molecule has 4 nitrogen and oxygen atoms in total. The molecule has 5 rings (SSSR count). The van der Waals surface area contributed by atoms with Gasteiger partial charge in [-0.05, 0) is 66.5 Å². The Hall–Kier alpha value is -4.46. The van der Waals surface area contributed by atoms with Crippen molar-refractivity contribution < 1.29 is 4.74 Å². The van der Waals surface area contributed by atoms with Gasteiger partial charge >= 0.3 is 0 Å². The smallest absolute Gasteiger partial charge is 0.117 e. The molecule has 0 fully saturated rings. The molecule has 0 amide bonds. The van der Waals surface area contributed by atoms with E-state index < -0.39 is 5.54 Å². The first-order chi connectivity index (χ1) is 19.7. The predicted octanol–water partition coefficient (Wildman–Crippen LogP) is 7.56. The van der Waals surface area contributed by atoms with Gasteiger partial charge < -0.3 is 9.30 Å². The summed E-state index contributed by atoms with van der Waals surface area (Å²) in [6, 6.07) is 31.3. The average molecular weight is 526 g/mol. The van der Waals surface area contributed by atoms with Gasteiger partial charge in [0.15, 0.2) is 0 Å². The third-order valence-electron chi connectivity index (χ3n) is 7.81. The Morgan fingerprint density at radius 1 is 1.05 bits per heavy atom. The summed E-state index contributed by atoms with van der Waals surface area (Å²) in [6.07, 6.45) is 12.9. The number of allylic oxidation sites excluding steroid dienone is 5. The fourth-order valence-corrected chi connectivity index (χ4v) is 5.92. The van der Waals surface area contributed by atoms with Gasteiger partial charge in [-0.2, -0.15) is 5.26 Å². The normalized spacial score (nSPS) is 15.5. The SMILES string of the molecule is C=C/C=C\C=C(/C)C(c1ccccc1)(c1ccccc1)n1cnc2c1CCC(COCc1cccc(C#N)c1)C2. The second kappa shape index (κ2) is 12.6. The molecule has 3 aromatic carbocycles. The maximum absolute atomic E-state index is 9.17. The average Bonchev–Trinajstić information content (AvgIpc) is 3.42. The second-order valence-electron chi connectivity index (χ2n) is 10.4. The van der Waals surface area contributed by atoms with E-state index in [2.05, 4.69) is 97.0 Å². The van der Waals surface area contributed by atoms with Crippen LogP contribution < -0.4 is 0 Å². The standard InChI is InChI=1S/C36H35N3O/c1-3-4-7-13-28(2)36(32-16-8-5-9-17-32,33-18-10-6-11-19-33)39-27-38-34-23-31(20-21-35(34)39)26-40-25-30-15-12-14-29(22-30)24-37/h3-19,22,27,31H,1,20-21,23,25-26H2,2H3/b7-4-,28-13+. The van der Waals surface area contributed by atoms with Gasteiger partial charge in [0.25, 0.3) is 0 Å². The molecule has 0 saturated carbocycles. The number of ether oxygens (including phenoxy) is 1. The zero-order valence-electron chi connectivity index (χ0n) is 23.0. The van der Waals surface area contributed by atoms with Crippen LogP contribution in [0.3, 0.4) is 0 Å². The van der Waals surface area contributed by atoms with E-state index in [0.717, 1.165) is 30.5 Å². The van der Waals surface area contributed by atoms with Gasteiger partial charge in [-0.1, -0.05) is 104 Å². The quantitative estimate of drug-likeness (QED) is 0.201. The summed E-state index contributed by atoms with van der Waals surface area (Å²) in [5.74, 6) is 0.407. The Labute approximate surface area is 237 Å². The zero-order valence-corrected chi connectivity index (χ0v) is 23.0. The van der Waals surface area contributed by atoms with Crippen LogP contribution in [-0.4, -0.2) is 16.2 Å². The van der Waals surface area contributed by atoms with Crippen LogP contribution in [0.5, 0.6) is 0 Å². The number of benzene rings is 3. The molecule has 200 valence electrons. The van der Waals surface area contributed by atoms with Gasteiger partial charge in [-0.25, -0.2) is 4.98 Å². The van der Waals surface area contributed by atoms with E-state index in [0.29, 0.717) is 24.7 Å². The van der Waals surface area contributed by atoms with Crippen LogP contribution in [0.15, 0.2) is 128 Å². The first kappa shape index (κ1) is 27.1. The van der Waals surface area contributed by atoms with Crippen molar-refractivity contribution in [2.45, 2.75) is 38.3 Å². The highest BCUT2D eigenvalue weighted by molar-refractivity contribution is 5.50. The number of rotatable bonds is 10. The van der Waals surface area contributed by atoms with Gasteiger partial charge in [0.2, 0.25) is 0 Å². The third-order valence-corrected chi connectivity index (χ3v) is 7.81. The highest BCUT2D eigenvalue weighted by Gasteiger charge is 2.40. The molecule has 0 bridgehead atoms. The molecular formula is C36H35N3O. The lowest BCUT2D eigenvalue weighted by atomic mass is 9.76. The summed E-state index contributed by atoms with van der Waals surface area (Å²) in [6.45, 7) is 7.24. The fourth-order valence-electron chi connectivity index (χ4n) is 5.92. The highest BCUT2D eigenvalue weighted by atomic mass is 16.5. The first-order valence-corrected chi connectivity index (χ1v) is 13.9. The molecule has 0 spiro atoms. The minimum absolute atomic E-state index is 0.407. The van der Waals surface area contributed by atoms with E-state index in [1.807, 2.05) is 36.7 Å². The number of aromatic nitrogens is 2. The van der Waals surface area contributed by atoms with Crippen molar-refractivity contribution in [1.82, 2.24) is 9.55 Å². The molecule has 0 saturated heterocycles. The van der Waals surface area contributed by atoms with Gasteiger partial charge in [-0.3, -0.25) is 0 Å². The maximum Gasteiger partial charge on any atom is 0.117 e. The molecule has 1 atom stereocenters. The molecular weight excluding hydrogens is 490 g/mol. The summed E-state index contributed by atoms with van der Waals surface area (Å²) >= 11 is 0. The van der Waals surface area contributed by atoms with E-state index >= 15 is 0 Å². The van der Waals surface area contributed by atoms with Crippen molar-refractivity contribution in [3.8, 4) is 6.07 Å². The highest BCUT2D eigenvalue weighted by Crippen LogP contribution is 2.43. The van der Waals surface area contributed by atoms with E-state index in [-0.39, 0.29) is 0 Å². The molecule has 0 radical (unpaired) electrons. The molecule has 4 aromatic rings.